The fourth-order valence-electron chi connectivity index (χ4n) is 2.09. The molecule has 11 heavy (non-hydrogen) atoms. The first-order valence-electron chi connectivity index (χ1n) is 4.72. The van der Waals surface area contributed by atoms with Gasteiger partial charge in [-0.2, -0.15) is 0 Å². The fourth-order valence-corrected chi connectivity index (χ4v) is 2.09. The number of rotatable bonds is 3. The molecule has 1 aliphatic carbocycles. The van der Waals surface area contributed by atoms with Crippen molar-refractivity contribution in [2.75, 3.05) is 6.54 Å². The minimum Gasteiger partial charge on any atom is -0.330 e. The van der Waals surface area contributed by atoms with Gasteiger partial charge in [0.25, 0.3) is 0 Å². The highest BCUT2D eigenvalue weighted by Crippen LogP contribution is 2.60. The molecule has 1 nitrogen and oxygen atoms in total. The lowest BCUT2D eigenvalue weighted by molar-refractivity contribution is 0.315. The van der Waals surface area contributed by atoms with Crippen molar-refractivity contribution in [2.24, 2.45) is 28.9 Å². The summed E-state index contributed by atoms with van der Waals surface area (Å²) in [6.45, 7) is 10.2. The number of hydrogen-bond donors (Lipinski definition) is 1. The Labute approximate surface area is 70.4 Å². The van der Waals surface area contributed by atoms with Gasteiger partial charge in [-0.25, -0.2) is 0 Å². The smallest absolute Gasteiger partial charge is 0.00486 e. The molecule has 0 aromatic carbocycles. The van der Waals surface area contributed by atoms with Crippen LogP contribution in [0.5, 0.6) is 0 Å². The summed E-state index contributed by atoms with van der Waals surface area (Å²) in [4.78, 5) is 0. The molecule has 0 amide bonds. The first kappa shape index (κ1) is 9.05. The molecule has 1 rings (SSSR count). The molecule has 66 valence electrons. The molecule has 0 radical (unpaired) electrons. The van der Waals surface area contributed by atoms with E-state index in [0.29, 0.717) is 5.41 Å². The average molecular weight is 155 g/mol. The van der Waals surface area contributed by atoms with Crippen LogP contribution in [0.3, 0.4) is 0 Å². The van der Waals surface area contributed by atoms with Crippen LogP contribution in [0, 0.1) is 23.2 Å². The van der Waals surface area contributed by atoms with Crippen molar-refractivity contribution >= 4 is 0 Å². The zero-order valence-electron chi connectivity index (χ0n) is 8.22. The third kappa shape index (κ3) is 1.44. The van der Waals surface area contributed by atoms with Crippen LogP contribution in [0.2, 0.25) is 0 Å². The van der Waals surface area contributed by atoms with Gasteiger partial charge in [0.15, 0.2) is 0 Å². The highest BCUT2D eigenvalue weighted by atomic mass is 14.6. The molecule has 3 unspecified atom stereocenters. The molecule has 1 heteroatoms. The third-order valence-electron chi connectivity index (χ3n) is 3.72. The van der Waals surface area contributed by atoms with Crippen molar-refractivity contribution in [3.8, 4) is 0 Å². The predicted molar refractivity (Wildman–Crippen MR) is 49.3 cm³/mol. The summed E-state index contributed by atoms with van der Waals surface area (Å²) in [6.07, 6.45) is 1.39. The summed E-state index contributed by atoms with van der Waals surface area (Å²) in [5, 5.41) is 0. The van der Waals surface area contributed by atoms with Crippen LogP contribution < -0.4 is 5.73 Å². The van der Waals surface area contributed by atoms with Crippen LogP contribution in [-0.4, -0.2) is 6.54 Å². The Bertz CT molecular complexity index is 142. The Morgan fingerprint density at radius 2 is 2.00 bits per heavy atom. The van der Waals surface area contributed by atoms with Gasteiger partial charge in [-0.1, -0.05) is 27.7 Å². The van der Waals surface area contributed by atoms with Crippen molar-refractivity contribution in [2.45, 2.75) is 34.1 Å². The molecular formula is C10H21N. The van der Waals surface area contributed by atoms with Gasteiger partial charge in [0.2, 0.25) is 0 Å². The maximum atomic E-state index is 5.63. The molecule has 0 bridgehead atoms. The zero-order chi connectivity index (χ0) is 8.65. The SMILES string of the molecule is CC(CN)C1CC1(C)C(C)C. The van der Waals surface area contributed by atoms with E-state index in [1.165, 1.54) is 6.42 Å². The molecular weight excluding hydrogens is 134 g/mol. The summed E-state index contributed by atoms with van der Waals surface area (Å²) >= 11 is 0. The summed E-state index contributed by atoms with van der Waals surface area (Å²) in [7, 11) is 0. The van der Waals surface area contributed by atoms with Crippen molar-refractivity contribution in [3.05, 3.63) is 0 Å². The molecule has 0 aromatic heterocycles. The molecule has 1 fully saturated rings. The van der Waals surface area contributed by atoms with E-state index >= 15 is 0 Å². The van der Waals surface area contributed by atoms with E-state index in [9.17, 15) is 0 Å². The van der Waals surface area contributed by atoms with Gasteiger partial charge in [0.1, 0.15) is 0 Å². The predicted octanol–water partition coefficient (Wildman–Crippen LogP) is 2.26. The highest BCUT2D eigenvalue weighted by Gasteiger charge is 2.53. The second-order valence-corrected chi connectivity index (χ2v) is 4.68. The second kappa shape index (κ2) is 2.78. The molecule has 2 N–H and O–H groups in total. The minimum absolute atomic E-state index is 0.610. The van der Waals surface area contributed by atoms with Crippen molar-refractivity contribution in [3.63, 3.8) is 0 Å². The van der Waals surface area contributed by atoms with Gasteiger partial charge in [0.05, 0.1) is 0 Å². The van der Waals surface area contributed by atoms with Crippen LogP contribution in [0.4, 0.5) is 0 Å². The summed E-state index contributed by atoms with van der Waals surface area (Å²) in [5.74, 6) is 2.44. The van der Waals surface area contributed by atoms with Crippen molar-refractivity contribution in [1.29, 1.82) is 0 Å². The third-order valence-corrected chi connectivity index (χ3v) is 3.72. The number of hydrogen-bond acceptors (Lipinski definition) is 1. The number of nitrogens with two attached hydrogens (primary N) is 1. The summed E-state index contributed by atoms with van der Waals surface area (Å²) < 4.78 is 0. The Balaban J connectivity index is 2.46. The maximum Gasteiger partial charge on any atom is -0.00486 e. The monoisotopic (exact) mass is 155 g/mol. The average Bonchev–Trinajstić information content (AvgIpc) is 2.63. The molecule has 1 aliphatic rings. The topological polar surface area (TPSA) is 26.0 Å². The standard InChI is InChI=1S/C10H21N/c1-7(2)10(4)5-9(10)8(3)6-11/h7-9H,5-6,11H2,1-4H3. The van der Waals surface area contributed by atoms with Gasteiger partial charge in [0, 0.05) is 0 Å². The Morgan fingerprint density at radius 1 is 1.45 bits per heavy atom. The Kier molecular flexibility index (Phi) is 2.29. The first-order valence-corrected chi connectivity index (χ1v) is 4.72. The minimum atomic E-state index is 0.610. The molecule has 1 saturated carbocycles. The van der Waals surface area contributed by atoms with Crippen LogP contribution in [0.15, 0.2) is 0 Å². The molecule has 0 saturated heterocycles. The second-order valence-electron chi connectivity index (χ2n) is 4.68. The van der Waals surface area contributed by atoms with Crippen LogP contribution in [0.25, 0.3) is 0 Å². The molecule has 0 aromatic rings. The molecule has 0 spiro atoms. The lowest BCUT2D eigenvalue weighted by Gasteiger charge is -2.18. The van der Waals surface area contributed by atoms with E-state index in [1.54, 1.807) is 0 Å². The van der Waals surface area contributed by atoms with Gasteiger partial charge in [-0.15, -0.1) is 0 Å². The highest BCUT2D eigenvalue weighted by molar-refractivity contribution is 5.02. The molecule has 3 atom stereocenters. The Morgan fingerprint density at radius 3 is 2.27 bits per heavy atom. The quantitative estimate of drug-likeness (QED) is 0.664. The lowest BCUT2D eigenvalue weighted by atomic mass is 9.88. The molecule has 0 heterocycles. The van der Waals surface area contributed by atoms with Crippen LogP contribution in [-0.2, 0) is 0 Å². The first-order chi connectivity index (χ1) is 5.02. The van der Waals surface area contributed by atoms with E-state index in [4.69, 9.17) is 5.73 Å². The summed E-state index contributed by atoms with van der Waals surface area (Å²) in [6, 6.07) is 0. The normalized spacial score (nSPS) is 39.3. The molecule has 0 aliphatic heterocycles. The maximum absolute atomic E-state index is 5.63. The lowest BCUT2D eigenvalue weighted by Crippen LogP contribution is -2.18. The Hall–Kier alpha value is -0.0400. The zero-order valence-corrected chi connectivity index (χ0v) is 8.22. The van der Waals surface area contributed by atoms with Gasteiger partial charge in [-0.05, 0) is 36.1 Å². The van der Waals surface area contributed by atoms with Crippen molar-refractivity contribution < 1.29 is 0 Å². The fraction of sp³-hybridized carbons (Fsp3) is 1.00. The van der Waals surface area contributed by atoms with Crippen LogP contribution >= 0.6 is 0 Å². The largest absolute Gasteiger partial charge is 0.330 e. The van der Waals surface area contributed by atoms with E-state index in [0.717, 1.165) is 24.3 Å². The van der Waals surface area contributed by atoms with Gasteiger partial charge < -0.3 is 5.73 Å². The van der Waals surface area contributed by atoms with E-state index in [1.807, 2.05) is 0 Å². The van der Waals surface area contributed by atoms with E-state index in [2.05, 4.69) is 27.7 Å². The summed E-state index contributed by atoms with van der Waals surface area (Å²) in [5.41, 5.74) is 6.24. The van der Waals surface area contributed by atoms with Crippen molar-refractivity contribution in [1.82, 2.24) is 0 Å². The van der Waals surface area contributed by atoms with Gasteiger partial charge >= 0.3 is 0 Å². The van der Waals surface area contributed by atoms with E-state index in [-0.39, 0.29) is 0 Å². The van der Waals surface area contributed by atoms with Crippen LogP contribution in [0.1, 0.15) is 34.1 Å². The van der Waals surface area contributed by atoms with Gasteiger partial charge in [-0.3, -0.25) is 0 Å². The van der Waals surface area contributed by atoms with E-state index < -0.39 is 0 Å².